The second-order valence-corrected chi connectivity index (χ2v) is 4.18. The predicted octanol–water partition coefficient (Wildman–Crippen LogP) is 2.64. The van der Waals surface area contributed by atoms with E-state index in [1.165, 1.54) is 6.42 Å². The summed E-state index contributed by atoms with van der Waals surface area (Å²) in [4.78, 5) is 2.06. The molecular weight excluding hydrogens is 268 g/mol. The molecule has 1 aliphatic heterocycles. The summed E-state index contributed by atoms with van der Waals surface area (Å²) in [7, 11) is 0. The zero-order valence-corrected chi connectivity index (χ0v) is 8.71. The molecule has 1 fully saturated rings. The van der Waals surface area contributed by atoms with Crippen LogP contribution in [0.5, 0.6) is 0 Å². The molecule has 1 aromatic rings. The summed E-state index contributed by atoms with van der Waals surface area (Å²) in [6.45, 7) is 2.00. The maximum absolute atomic E-state index is 13.3. The second kappa shape index (κ2) is 3.20. The van der Waals surface area contributed by atoms with Gasteiger partial charge >= 0.3 is 0 Å². The standard InChI is InChI=1S/C9H9FIN/c10-8-6-7(11)2-3-9(8)12-4-1-5-12/h2-3,6H,1,4-5H2. The number of rotatable bonds is 1. The normalized spacial score (nSPS) is 16.0. The van der Waals surface area contributed by atoms with E-state index in [-0.39, 0.29) is 5.82 Å². The van der Waals surface area contributed by atoms with Crippen molar-refractivity contribution >= 4 is 28.3 Å². The fourth-order valence-corrected chi connectivity index (χ4v) is 1.75. The summed E-state index contributed by atoms with van der Waals surface area (Å²) >= 11 is 2.12. The summed E-state index contributed by atoms with van der Waals surface area (Å²) in [6.07, 6.45) is 1.19. The molecule has 0 unspecified atom stereocenters. The van der Waals surface area contributed by atoms with Gasteiger partial charge in [0.15, 0.2) is 0 Å². The number of hydrogen-bond acceptors (Lipinski definition) is 1. The van der Waals surface area contributed by atoms with E-state index in [1.807, 2.05) is 12.1 Å². The second-order valence-electron chi connectivity index (χ2n) is 2.94. The van der Waals surface area contributed by atoms with Crippen LogP contribution in [0.3, 0.4) is 0 Å². The summed E-state index contributed by atoms with van der Waals surface area (Å²) < 4.78 is 14.2. The lowest BCUT2D eigenvalue weighted by Crippen LogP contribution is -2.37. The van der Waals surface area contributed by atoms with E-state index in [4.69, 9.17) is 0 Å². The van der Waals surface area contributed by atoms with Crippen LogP contribution in [0, 0.1) is 9.39 Å². The third kappa shape index (κ3) is 1.42. The van der Waals surface area contributed by atoms with E-state index >= 15 is 0 Å². The first-order chi connectivity index (χ1) is 5.77. The molecule has 0 spiro atoms. The molecule has 0 amide bonds. The van der Waals surface area contributed by atoms with Crippen LogP contribution in [-0.2, 0) is 0 Å². The Morgan fingerprint density at radius 2 is 2.08 bits per heavy atom. The van der Waals surface area contributed by atoms with Crippen molar-refractivity contribution in [2.75, 3.05) is 18.0 Å². The Morgan fingerprint density at radius 1 is 1.33 bits per heavy atom. The number of nitrogens with zero attached hydrogens (tertiary/aromatic N) is 1. The maximum atomic E-state index is 13.3. The van der Waals surface area contributed by atoms with E-state index in [1.54, 1.807) is 6.07 Å². The van der Waals surface area contributed by atoms with Gasteiger partial charge in [-0.3, -0.25) is 0 Å². The lowest BCUT2D eigenvalue weighted by Gasteiger charge is -2.33. The first kappa shape index (κ1) is 8.29. The van der Waals surface area contributed by atoms with Crippen molar-refractivity contribution in [1.82, 2.24) is 0 Å². The Balaban J connectivity index is 2.31. The minimum atomic E-state index is -0.0957. The Kier molecular flexibility index (Phi) is 2.21. The summed E-state index contributed by atoms with van der Waals surface area (Å²) in [5.41, 5.74) is 0.752. The predicted molar refractivity (Wildman–Crippen MR) is 55.9 cm³/mol. The molecule has 0 aliphatic carbocycles. The van der Waals surface area contributed by atoms with Gasteiger partial charge in [-0.1, -0.05) is 0 Å². The Labute approximate surface area is 84.7 Å². The molecule has 1 heterocycles. The molecule has 0 saturated carbocycles. The van der Waals surface area contributed by atoms with Crippen molar-refractivity contribution in [2.24, 2.45) is 0 Å². The highest BCUT2D eigenvalue weighted by molar-refractivity contribution is 14.1. The molecule has 1 saturated heterocycles. The van der Waals surface area contributed by atoms with E-state index in [0.29, 0.717) is 0 Å². The van der Waals surface area contributed by atoms with Gasteiger partial charge in [0, 0.05) is 16.7 Å². The largest absolute Gasteiger partial charge is 0.369 e. The van der Waals surface area contributed by atoms with Gasteiger partial charge in [0.2, 0.25) is 0 Å². The summed E-state index contributed by atoms with van der Waals surface area (Å²) in [5.74, 6) is -0.0957. The molecule has 2 rings (SSSR count). The molecule has 1 aromatic carbocycles. The Morgan fingerprint density at radius 3 is 2.58 bits per heavy atom. The van der Waals surface area contributed by atoms with Crippen molar-refractivity contribution in [1.29, 1.82) is 0 Å². The van der Waals surface area contributed by atoms with Gasteiger partial charge < -0.3 is 4.90 Å². The van der Waals surface area contributed by atoms with Crippen molar-refractivity contribution in [3.8, 4) is 0 Å². The van der Waals surface area contributed by atoms with Crippen LogP contribution in [0.4, 0.5) is 10.1 Å². The van der Waals surface area contributed by atoms with E-state index in [2.05, 4.69) is 27.5 Å². The minimum Gasteiger partial charge on any atom is -0.369 e. The van der Waals surface area contributed by atoms with E-state index in [0.717, 1.165) is 22.3 Å². The smallest absolute Gasteiger partial charge is 0.147 e. The number of benzene rings is 1. The molecule has 3 heteroatoms. The molecule has 0 bridgehead atoms. The monoisotopic (exact) mass is 277 g/mol. The van der Waals surface area contributed by atoms with Gasteiger partial charge in [0.25, 0.3) is 0 Å². The lowest BCUT2D eigenvalue weighted by molar-refractivity contribution is 0.573. The van der Waals surface area contributed by atoms with Crippen molar-refractivity contribution in [2.45, 2.75) is 6.42 Å². The highest BCUT2D eigenvalue weighted by atomic mass is 127. The summed E-state index contributed by atoms with van der Waals surface area (Å²) in [5, 5.41) is 0. The van der Waals surface area contributed by atoms with Crippen LogP contribution in [-0.4, -0.2) is 13.1 Å². The molecule has 0 radical (unpaired) electrons. The SMILES string of the molecule is Fc1cc(I)ccc1N1CCC1. The topological polar surface area (TPSA) is 3.24 Å². The van der Waals surface area contributed by atoms with Crippen molar-refractivity contribution in [3.05, 3.63) is 27.6 Å². The number of hydrogen-bond donors (Lipinski definition) is 0. The van der Waals surface area contributed by atoms with Crippen molar-refractivity contribution < 1.29 is 4.39 Å². The lowest BCUT2D eigenvalue weighted by atomic mass is 10.2. The third-order valence-corrected chi connectivity index (χ3v) is 2.78. The quantitative estimate of drug-likeness (QED) is 0.713. The van der Waals surface area contributed by atoms with Gasteiger partial charge in [0.1, 0.15) is 5.82 Å². The van der Waals surface area contributed by atoms with Gasteiger partial charge in [-0.2, -0.15) is 0 Å². The first-order valence-corrected chi connectivity index (χ1v) is 5.05. The van der Waals surface area contributed by atoms with E-state index < -0.39 is 0 Å². The van der Waals surface area contributed by atoms with Crippen LogP contribution in [0.2, 0.25) is 0 Å². The fourth-order valence-electron chi connectivity index (χ4n) is 1.29. The zero-order valence-electron chi connectivity index (χ0n) is 6.56. The maximum Gasteiger partial charge on any atom is 0.147 e. The highest BCUT2D eigenvalue weighted by Crippen LogP contribution is 2.24. The molecule has 64 valence electrons. The number of halogens is 2. The zero-order chi connectivity index (χ0) is 8.55. The van der Waals surface area contributed by atoms with Gasteiger partial charge in [-0.15, -0.1) is 0 Å². The van der Waals surface area contributed by atoms with Crippen LogP contribution in [0.15, 0.2) is 18.2 Å². The van der Waals surface area contributed by atoms with Gasteiger partial charge in [-0.25, -0.2) is 4.39 Å². The van der Waals surface area contributed by atoms with Crippen molar-refractivity contribution in [3.63, 3.8) is 0 Å². The average molecular weight is 277 g/mol. The van der Waals surface area contributed by atoms with Gasteiger partial charge in [0.05, 0.1) is 5.69 Å². The van der Waals surface area contributed by atoms with Crippen LogP contribution in [0.1, 0.15) is 6.42 Å². The minimum absolute atomic E-state index is 0.0957. The molecule has 12 heavy (non-hydrogen) atoms. The molecule has 0 atom stereocenters. The van der Waals surface area contributed by atoms with Gasteiger partial charge in [-0.05, 0) is 47.2 Å². The molecular formula is C9H9FIN. The Bertz CT molecular complexity index is 297. The fraction of sp³-hybridized carbons (Fsp3) is 0.333. The highest BCUT2D eigenvalue weighted by Gasteiger charge is 2.17. The van der Waals surface area contributed by atoms with Crippen LogP contribution in [0.25, 0.3) is 0 Å². The first-order valence-electron chi connectivity index (χ1n) is 3.97. The van der Waals surface area contributed by atoms with Crippen LogP contribution >= 0.6 is 22.6 Å². The molecule has 1 nitrogen and oxygen atoms in total. The molecule has 0 N–H and O–H groups in total. The Hall–Kier alpha value is -0.320. The molecule has 1 aliphatic rings. The average Bonchev–Trinajstić information content (AvgIpc) is 1.91. The molecule has 0 aromatic heterocycles. The third-order valence-electron chi connectivity index (χ3n) is 2.11. The summed E-state index contributed by atoms with van der Waals surface area (Å²) in [6, 6.07) is 5.38. The van der Waals surface area contributed by atoms with Crippen LogP contribution < -0.4 is 4.90 Å². The number of anilines is 1. The van der Waals surface area contributed by atoms with E-state index in [9.17, 15) is 4.39 Å².